The first-order valence-electron chi connectivity index (χ1n) is 7.02. The fraction of sp³-hybridized carbons (Fsp3) is 0.625. The summed E-state index contributed by atoms with van der Waals surface area (Å²) in [6, 6.07) is 7.46. The van der Waals surface area contributed by atoms with Crippen molar-refractivity contribution < 1.29 is 10.2 Å². The normalized spacial score (nSPS) is 13.6. The van der Waals surface area contributed by atoms with Crippen LogP contribution in [0.4, 0.5) is 0 Å². The number of phenolic OH excluding ortho intramolecular Hbond substituents is 1. The Morgan fingerprint density at radius 3 is 2.44 bits per heavy atom. The van der Waals surface area contributed by atoms with Gasteiger partial charge in [0.1, 0.15) is 5.75 Å². The monoisotopic (exact) mass is 250 g/mol. The summed E-state index contributed by atoms with van der Waals surface area (Å²) in [6.45, 7) is 6.26. The second kappa shape index (κ2) is 6.79. The van der Waals surface area contributed by atoms with E-state index in [1.165, 1.54) is 5.56 Å². The molecule has 0 aromatic heterocycles. The molecule has 2 nitrogen and oxygen atoms in total. The minimum Gasteiger partial charge on any atom is -0.508 e. The summed E-state index contributed by atoms with van der Waals surface area (Å²) >= 11 is 0. The first-order valence-corrected chi connectivity index (χ1v) is 7.02. The summed E-state index contributed by atoms with van der Waals surface area (Å²) in [5.74, 6) is 0.757. The predicted molar refractivity (Wildman–Crippen MR) is 75.9 cm³/mol. The van der Waals surface area contributed by atoms with E-state index in [1.54, 1.807) is 6.07 Å². The smallest absolute Gasteiger partial charge is 0.115 e. The number of benzene rings is 1. The van der Waals surface area contributed by atoms with Crippen LogP contribution in [0.3, 0.4) is 0 Å². The lowest BCUT2D eigenvalue weighted by atomic mass is 9.88. The molecule has 1 atom stereocenters. The molecule has 0 spiro atoms. The molecule has 0 radical (unpaired) electrons. The maximum Gasteiger partial charge on any atom is 0.115 e. The lowest BCUT2D eigenvalue weighted by molar-refractivity contribution is 0.0209. The highest BCUT2D eigenvalue weighted by Gasteiger charge is 2.21. The highest BCUT2D eigenvalue weighted by Crippen LogP contribution is 2.28. The Labute approximate surface area is 111 Å². The molecule has 2 N–H and O–H groups in total. The average molecular weight is 250 g/mol. The van der Waals surface area contributed by atoms with Crippen molar-refractivity contribution in [2.45, 2.75) is 64.4 Å². The Balaban J connectivity index is 2.44. The number of rotatable bonds is 7. The lowest BCUT2D eigenvalue weighted by Gasteiger charge is -2.25. The van der Waals surface area contributed by atoms with Gasteiger partial charge in [0.25, 0.3) is 0 Å². The highest BCUT2D eigenvalue weighted by molar-refractivity contribution is 5.29. The molecule has 0 saturated carbocycles. The zero-order valence-corrected chi connectivity index (χ0v) is 11.8. The molecule has 1 aromatic rings. The second-order valence-electron chi connectivity index (χ2n) is 5.32. The van der Waals surface area contributed by atoms with Crippen LogP contribution >= 0.6 is 0 Å². The van der Waals surface area contributed by atoms with Gasteiger partial charge in [0.05, 0.1) is 5.60 Å². The van der Waals surface area contributed by atoms with Crippen LogP contribution in [0.1, 0.15) is 64.4 Å². The lowest BCUT2D eigenvalue weighted by Crippen LogP contribution is -2.26. The average Bonchev–Trinajstić information content (AvgIpc) is 2.38. The molecule has 0 amide bonds. The summed E-state index contributed by atoms with van der Waals surface area (Å²) in [4.78, 5) is 0. The highest BCUT2D eigenvalue weighted by atomic mass is 16.3. The van der Waals surface area contributed by atoms with E-state index in [2.05, 4.69) is 13.0 Å². The number of hydrogen-bond acceptors (Lipinski definition) is 2. The van der Waals surface area contributed by atoms with Gasteiger partial charge in [-0.25, -0.2) is 0 Å². The summed E-state index contributed by atoms with van der Waals surface area (Å²) in [5, 5.41) is 19.7. The van der Waals surface area contributed by atoms with Crippen LogP contribution in [0.15, 0.2) is 24.3 Å². The molecular formula is C16H26O2. The SMILES string of the molecule is CCC(O)(CC)CCCC(C)c1cccc(O)c1. The third kappa shape index (κ3) is 4.34. The molecule has 0 aliphatic carbocycles. The van der Waals surface area contributed by atoms with Crippen LogP contribution in [0.25, 0.3) is 0 Å². The van der Waals surface area contributed by atoms with Crippen LogP contribution in [-0.2, 0) is 0 Å². The number of aliphatic hydroxyl groups is 1. The number of phenols is 1. The Kier molecular flexibility index (Phi) is 5.67. The molecular weight excluding hydrogens is 224 g/mol. The second-order valence-corrected chi connectivity index (χ2v) is 5.32. The largest absolute Gasteiger partial charge is 0.508 e. The third-order valence-corrected chi connectivity index (χ3v) is 4.03. The molecule has 1 unspecified atom stereocenters. The topological polar surface area (TPSA) is 40.5 Å². The van der Waals surface area contributed by atoms with Gasteiger partial charge < -0.3 is 10.2 Å². The van der Waals surface area contributed by atoms with Crippen molar-refractivity contribution in [3.63, 3.8) is 0 Å². The van der Waals surface area contributed by atoms with Crippen LogP contribution in [0.2, 0.25) is 0 Å². The third-order valence-electron chi connectivity index (χ3n) is 4.03. The van der Waals surface area contributed by atoms with Gasteiger partial charge in [-0.15, -0.1) is 0 Å². The van der Waals surface area contributed by atoms with E-state index in [0.717, 1.165) is 32.1 Å². The van der Waals surface area contributed by atoms with E-state index in [4.69, 9.17) is 0 Å². The van der Waals surface area contributed by atoms with Gasteiger partial charge in [-0.2, -0.15) is 0 Å². The molecule has 0 saturated heterocycles. The Morgan fingerprint density at radius 2 is 1.89 bits per heavy atom. The van der Waals surface area contributed by atoms with Crippen molar-refractivity contribution in [2.75, 3.05) is 0 Å². The van der Waals surface area contributed by atoms with E-state index in [0.29, 0.717) is 11.7 Å². The maximum absolute atomic E-state index is 10.2. The van der Waals surface area contributed by atoms with Gasteiger partial charge in [-0.1, -0.05) is 32.9 Å². The van der Waals surface area contributed by atoms with Gasteiger partial charge >= 0.3 is 0 Å². The fourth-order valence-corrected chi connectivity index (χ4v) is 2.34. The molecule has 18 heavy (non-hydrogen) atoms. The van der Waals surface area contributed by atoms with E-state index < -0.39 is 5.60 Å². The van der Waals surface area contributed by atoms with Gasteiger partial charge in [0, 0.05) is 0 Å². The minimum absolute atomic E-state index is 0.331. The zero-order valence-electron chi connectivity index (χ0n) is 11.8. The van der Waals surface area contributed by atoms with Crippen molar-refractivity contribution in [3.05, 3.63) is 29.8 Å². The predicted octanol–water partition coefficient (Wildman–Crippen LogP) is 4.22. The van der Waals surface area contributed by atoms with Gasteiger partial charge in [0.2, 0.25) is 0 Å². The van der Waals surface area contributed by atoms with Crippen molar-refractivity contribution in [2.24, 2.45) is 0 Å². The molecule has 1 rings (SSSR count). The first-order chi connectivity index (χ1) is 8.50. The summed E-state index contributed by atoms with van der Waals surface area (Å²) in [5.41, 5.74) is 0.685. The summed E-state index contributed by atoms with van der Waals surface area (Å²) < 4.78 is 0. The first kappa shape index (κ1) is 15.0. The molecule has 0 aliphatic heterocycles. The van der Waals surface area contributed by atoms with Crippen molar-refractivity contribution in [3.8, 4) is 5.75 Å². The van der Waals surface area contributed by atoms with Gasteiger partial charge in [-0.3, -0.25) is 0 Å². The molecule has 2 heteroatoms. The van der Waals surface area contributed by atoms with Crippen LogP contribution in [0, 0.1) is 0 Å². The molecule has 102 valence electrons. The van der Waals surface area contributed by atoms with Crippen LogP contribution in [0.5, 0.6) is 5.75 Å². The molecule has 1 aromatic carbocycles. The number of aromatic hydroxyl groups is 1. The Bertz CT molecular complexity index is 356. The van der Waals surface area contributed by atoms with E-state index in [-0.39, 0.29) is 0 Å². The fourth-order valence-electron chi connectivity index (χ4n) is 2.34. The van der Waals surface area contributed by atoms with Crippen molar-refractivity contribution in [1.82, 2.24) is 0 Å². The van der Waals surface area contributed by atoms with E-state index in [9.17, 15) is 10.2 Å². The molecule has 0 aliphatic rings. The van der Waals surface area contributed by atoms with Crippen LogP contribution < -0.4 is 0 Å². The Morgan fingerprint density at radius 1 is 1.22 bits per heavy atom. The van der Waals surface area contributed by atoms with Crippen LogP contribution in [-0.4, -0.2) is 15.8 Å². The van der Waals surface area contributed by atoms with Gasteiger partial charge in [0.15, 0.2) is 0 Å². The minimum atomic E-state index is -0.488. The number of hydrogen-bond donors (Lipinski definition) is 2. The van der Waals surface area contributed by atoms with Crippen molar-refractivity contribution >= 4 is 0 Å². The van der Waals surface area contributed by atoms with E-state index in [1.807, 2.05) is 26.0 Å². The van der Waals surface area contributed by atoms with Gasteiger partial charge in [-0.05, 0) is 55.7 Å². The van der Waals surface area contributed by atoms with Crippen molar-refractivity contribution in [1.29, 1.82) is 0 Å². The molecule has 0 heterocycles. The maximum atomic E-state index is 10.2. The zero-order chi connectivity index (χ0) is 13.6. The summed E-state index contributed by atoms with van der Waals surface area (Å²) in [6.07, 6.45) is 4.58. The standard InChI is InChI=1S/C16H26O2/c1-4-16(18,5-2)11-7-8-13(3)14-9-6-10-15(17)12-14/h6,9-10,12-13,17-18H,4-5,7-8,11H2,1-3H3. The molecule has 0 fully saturated rings. The quantitative estimate of drug-likeness (QED) is 0.760. The summed E-state index contributed by atoms with van der Waals surface area (Å²) in [7, 11) is 0. The molecule has 0 bridgehead atoms. The Hall–Kier alpha value is -1.02. The van der Waals surface area contributed by atoms with E-state index >= 15 is 0 Å².